The van der Waals surface area contributed by atoms with Gasteiger partial charge in [0.05, 0.1) is 24.0 Å². The van der Waals surface area contributed by atoms with Crippen LogP contribution >= 0.6 is 11.6 Å². The molecule has 0 bridgehead atoms. The molecule has 6 heteroatoms. The Bertz CT molecular complexity index is 587. The number of halogens is 1. The van der Waals surface area contributed by atoms with Crippen LogP contribution < -0.4 is 0 Å². The van der Waals surface area contributed by atoms with Gasteiger partial charge in [0.1, 0.15) is 0 Å². The van der Waals surface area contributed by atoms with Gasteiger partial charge in [-0.15, -0.1) is 11.6 Å². The maximum atomic E-state index is 10.5. The summed E-state index contributed by atoms with van der Waals surface area (Å²) in [6, 6.07) is 6.34. The number of hydrogen-bond acceptors (Lipinski definition) is 4. The first-order valence-corrected chi connectivity index (χ1v) is 7.30. The highest BCUT2D eigenvalue weighted by molar-refractivity contribution is 6.18. The molecule has 0 N–H and O–H groups in total. The van der Waals surface area contributed by atoms with E-state index in [0.717, 1.165) is 5.56 Å². The Morgan fingerprint density at radius 1 is 1.14 bits per heavy atom. The number of allylic oxidation sites excluding steroid dienone is 4. The normalized spacial score (nSPS) is 17.9. The Morgan fingerprint density at radius 2 is 1.77 bits per heavy atom. The molecule has 1 aliphatic rings. The quantitative estimate of drug-likeness (QED) is 0.347. The van der Waals surface area contributed by atoms with Crippen molar-refractivity contribution in [2.45, 2.75) is 5.79 Å². The average molecular weight is 322 g/mol. The monoisotopic (exact) mass is 321 g/mol. The lowest BCUT2D eigenvalue weighted by Crippen LogP contribution is -2.29. The molecule has 1 fully saturated rings. The molecule has 0 aromatic heterocycles. The molecule has 0 atom stereocenters. The summed E-state index contributed by atoms with van der Waals surface area (Å²) in [6.07, 6.45) is 11.0. The third-order valence-electron chi connectivity index (χ3n) is 3.04. The van der Waals surface area contributed by atoms with Gasteiger partial charge in [-0.25, -0.2) is 0 Å². The third-order valence-corrected chi connectivity index (χ3v) is 3.41. The van der Waals surface area contributed by atoms with Gasteiger partial charge in [0.2, 0.25) is 5.79 Å². The minimum absolute atomic E-state index is 0.0820. The number of nitro benzene ring substituents is 1. The van der Waals surface area contributed by atoms with E-state index in [0.29, 0.717) is 13.2 Å². The maximum Gasteiger partial charge on any atom is 0.269 e. The Morgan fingerprint density at radius 3 is 2.36 bits per heavy atom. The van der Waals surface area contributed by atoms with Crippen molar-refractivity contribution in [2.24, 2.45) is 0 Å². The van der Waals surface area contributed by atoms with Crippen LogP contribution in [0.3, 0.4) is 0 Å². The molecule has 5 nitrogen and oxygen atoms in total. The van der Waals surface area contributed by atoms with E-state index >= 15 is 0 Å². The van der Waals surface area contributed by atoms with E-state index in [1.807, 2.05) is 30.4 Å². The number of rotatable bonds is 6. The van der Waals surface area contributed by atoms with Crippen molar-refractivity contribution >= 4 is 23.4 Å². The van der Waals surface area contributed by atoms with Crippen molar-refractivity contribution < 1.29 is 14.4 Å². The fourth-order valence-electron chi connectivity index (χ4n) is 1.89. The summed E-state index contributed by atoms with van der Waals surface area (Å²) in [7, 11) is 0. The summed E-state index contributed by atoms with van der Waals surface area (Å²) in [6.45, 7) is 1.08. The summed E-state index contributed by atoms with van der Waals surface area (Å²) in [5.41, 5.74) is 0.970. The van der Waals surface area contributed by atoms with Crippen molar-refractivity contribution in [1.82, 2.24) is 0 Å². The highest BCUT2D eigenvalue weighted by atomic mass is 35.5. The summed E-state index contributed by atoms with van der Waals surface area (Å²) >= 11 is 5.83. The second-order valence-electron chi connectivity index (χ2n) is 4.59. The van der Waals surface area contributed by atoms with Crippen molar-refractivity contribution in [3.63, 3.8) is 0 Å². The van der Waals surface area contributed by atoms with Crippen LogP contribution in [0, 0.1) is 10.1 Å². The van der Waals surface area contributed by atoms with Gasteiger partial charge in [0.25, 0.3) is 5.69 Å². The number of nitrogens with zero attached hydrogens (tertiary/aromatic N) is 1. The van der Waals surface area contributed by atoms with Crippen molar-refractivity contribution in [2.75, 3.05) is 19.1 Å². The van der Waals surface area contributed by atoms with Crippen LogP contribution in [-0.2, 0) is 9.47 Å². The SMILES string of the molecule is O=[N+]([O-])c1ccc(/C=C/C=C/C=C/C2(CCl)OCCO2)cc1. The molecule has 1 aromatic rings. The molecular weight excluding hydrogens is 306 g/mol. The Kier molecular flexibility index (Phi) is 5.89. The summed E-state index contributed by atoms with van der Waals surface area (Å²) in [5.74, 6) is -0.566. The fraction of sp³-hybridized carbons (Fsp3) is 0.250. The maximum absolute atomic E-state index is 10.5. The molecule has 1 aromatic carbocycles. The molecule has 1 aliphatic heterocycles. The highest BCUT2D eigenvalue weighted by Crippen LogP contribution is 2.22. The van der Waals surface area contributed by atoms with E-state index in [4.69, 9.17) is 21.1 Å². The van der Waals surface area contributed by atoms with E-state index in [1.165, 1.54) is 12.1 Å². The largest absolute Gasteiger partial charge is 0.343 e. The Labute approximate surface area is 133 Å². The molecule has 0 radical (unpaired) electrons. The number of hydrogen-bond donors (Lipinski definition) is 0. The van der Waals surface area contributed by atoms with Gasteiger partial charge in [-0.3, -0.25) is 10.1 Å². The number of non-ortho nitro benzene ring substituents is 1. The van der Waals surface area contributed by atoms with E-state index in [9.17, 15) is 10.1 Å². The van der Waals surface area contributed by atoms with Gasteiger partial charge >= 0.3 is 0 Å². The third kappa shape index (κ3) is 4.53. The lowest BCUT2D eigenvalue weighted by Gasteiger charge is -2.19. The molecule has 0 unspecified atom stereocenters. The molecule has 0 saturated carbocycles. The van der Waals surface area contributed by atoms with Crippen LogP contribution in [0.25, 0.3) is 6.08 Å². The van der Waals surface area contributed by atoms with Gasteiger partial charge in [-0.2, -0.15) is 0 Å². The number of benzene rings is 1. The van der Waals surface area contributed by atoms with E-state index in [1.54, 1.807) is 18.2 Å². The van der Waals surface area contributed by atoms with Crippen LogP contribution in [-0.4, -0.2) is 29.8 Å². The second kappa shape index (κ2) is 7.89. The fourth-order valence-corrected chi connectivity index (χ4v) is 2.14. The van der Waals surface area contributed by atoms with E-state index < -0.39 is 10.7 Å². The molecule has 1 heterocycles. The molecule has 1 saturated heterocycles. The molecular formula is C16H16ClNO4. The zero-order valence-corrected chi connectivity index (χ0v) is 12.6. The van der Waals surface area contributed by atoms with Crippen LogP contribution in [0.1, 0.15) is 5.56 Å². The first-order valence-electron chi connectivity index (χ1n) is 6.76. The van der Waals surface area contributed by atoms with Crippen molar-refractivity contribution in [3.8, 4) is 0 Å². The van der Waals surface area contributed by atoms with E-state index in [2.05, 4.69) is 0 Å². The molecule has 116 valence electrons. The van der Waals surface area contributed by atoms with Crippen LogP contribution in [0.4, 0.5) is 5.69 Å². The predicted octanol–water partition coefficient (Wildman–Crippen LogP) is 3.70. The van der Waals surface area contributed by atoms with Gasteiger partial charge in [0, 0.05) is 12.1 Å². The first-order chi connectivity index (χ1) is 10.7. The molecule has 2 rings (SSSR count). The number of alkyl halides is 1. The zero-order valence-electron chi connectivity index (χ0n) is 11.9. The zero-order chi connectivity index (χ0) is 15.8. The van der Waals surface area contributed by atoms with Gasteiger partial charge in [0.15, 0.2) is 0 Å². The standard InChI is InChI=1S/C16H16ClNO4/c17-13-16(21-11-12-22-16)10-4-2-1-3-5-14-6-8-15(9-7-14)18(19)20/h1-10H,11-13H2/b2-1+,5-3+,10-4+. The predicted molar refractivity (Wildman–Crippen MR) is 85.8 cm³/mol. The van der Waals surface area contributed by atoms with Crippen LogP contribution in [0.2, 0.25) is 0 Å². The smallest absolute Gasteiger partial charge is 0.269 e. The number of nitro groups is 1. The minimum Gasteiger partial charge on any atom is -0.343 e. The highest BCUT2D eigenvalue weighted by Gasteiger charge is 2.32. The minimum atomic E-state index is -0.812. The Hall–Kier alpha value is -1.95. The van der Waals surface area contributed by atoms with E-state index in [-0.39, 0.29) is 11.6 Å². The van der Waals surface area contributed by atoms with Gasteiger partial charge < -0.3 is 9.47 Å². The van der Waals surface area contributed by atoms with Gasteiger partial charge in [-0.05, 0) is 23.8 Å². The summed E-state index contributed by atoms with van der Waals surface area (Å²) < 4.78 is 10.9. The molecule has 22 heavy (non-hydrogen) atoms. The van der Waals surface area contributed by atoms with Crippen molar-refractivity contribution in [1.29, 1.82) is 0 Å². The molecule has 0 spiro atoms. The van der Waals surface area contributed by atoms with Gasteiger partial charge in [-0.1, -0.05) is 30.4 Å². The molecule has 0 aliphatic carbocycles. The summed E-state index contributed by atoms with van der Waals surface area (Å²) in [4.78, 5) is 10.1. The van der Waals surface area contributed by atoms with Crippen LogP contribution in [0.15, 0.2) is 54.6 Å². The summed E-state index contributed by atoms with van der Waals surface area (Å²) in [5, 5.41) is 10.5. The van der Waals surface area contributed by atoms with Crippen LogP contribution in [0.5, 0.6) is 0 Å². The first kappa shape index (κ1) is 16.4. The molecule has 0 amide bonds. The topological polar surface area (TPSA) is 61.6 Å². The van der Waals surface area contributed by atoms with Crippen molar-refractivity contribution in [3.05, 3.63) is 70.3 Å². The lowest BCUT2D eigenvalue weighted by molar-refractivity contribution is -0.384. The lowest BCUT2D eigenvalue weighted by atomic mass is 10.2. The number of ether oxygens (including phenoxy) is 2. The average Bonchev–Trinajstić information content (AvgIpc) is 3.00. The second-order valence-corrected chi connectivity index (χ2v) is 4.86. The Balaban J connectivity index is 1.87.